The Bertz CT molecular complexity index is 3070. The highest BCUT2D eigenvalue weighted by Crippen LogP contribution is 2.58. The van der Waals surface area contributed by atoms with Gasteiger partial charge in [-0.3, -0.25) is 0 Å². The minimum absolute atomic E-state index is 0.319. The maximum absolute atomic E-state index is 2.47. The summed E-state index contributed by atoms with van der Waals surface area (Å²) in [6.07, 6.45) is 0. The Labute approximate surface area is 364 Å². The molecule has 3 nitrogen and oxygen atoms in total. The van der Waals surface area contributed by atoms with Gasteiger partial charge in [0.15, 0.2) is 0 Å². The molecule has 62 heavy (non-hydrogen) atoms. The van der Waals surface area contributed by atoms with Crippen molar-refractivity contribution in [3.05, 3.63) is 248 Å². The summed E-state index contributed by atoms with van der Waals surface area (Å²) in [6, 6.07) is 85.7. The van der Waals surface area contributed by atoms with Gasteiger partial charge in [-0.15, -0.1) is 0 Å². The zero-order chi connectivity index (χ0) is 41.6. The van der Waals surface area contributed by atoms with Crippen molar-refractivity contribution in [2.75, 3.05) is 14.7 Å². The quantitative estimate of drug-likeness (QED) is 0.144. The number of anilines is 9. The van der Waals surface area contributed by atoms with Crippen LogP contribution in [0.25, 0.3) is 32.7 Å². The lowest BCUT2D eigenvalue weighted by Gasteiger charge is -2.31. The Balaban J connectivity index is 1.16. The van der Waals surface area contributed by atoms with Gasteiger partial charge in [0, 0.05) is 56.5 Å². The van der Waals surface area contributed by atoms with Gasteiger partial charge in [0.2, 0.25) is 0 Å². The van der Waals surface area contributed by atoms with Crippen LogP contribution < -0.4 is 14.7 Å². The fourth-order valence-electron chi connectivity index (χ4n) is 9.68. The molecular weight excluding hydrogens is 751 g/mol. The Morgan fingerprint density at radius 1 is 0.306 bits per heavy atom. The van der Waals surface area contributed by atoms with Crippen LogP contribution in [0.5, 0.6) is 0 Å². The molecule has 0 bridgehead atoms. The highest BCUT2D eigenvalue weighted by Gasteiger charge is 2.40. The average Bonchev–Trinajstić information content (AvgIpc) is 3.56. The molecule has 0 heterocycles. The average molecular weight is 796 g/mol. The molecule has 0 radical (unpaired) electrons. The lowest BCUT2D eigenvalue weighted by atomic mass is 9.79. The van der Waals surface area contributed by atoms with Crippen molar-refractivity contribution in [2.45, 2.75) is 19.3 Å². The molecule has 0 unspecified atom stereocenters. The van der Waals surface area contributed by atoms with Crippen molar-refractivity contribution in [1.82, 2.24) is 0 Å². The van der Waals surface area contributed by atoms with Crippen LogP contribution in [0, 0.1) is 0 Å². The maximum atomic E-state index is 2.47. The third-order valence-corrected chi connectivity index (χ3v) is 12.5. The SMILES string of the molecule is CC1(C)c2cc3cc(N(c4ccccc4)c4ccccc4)ccc3cc2-c2c(N(c3ccccc3)c3ccccc3)cc3cc(N(c4ccccc4)c4ccccc4)ccc3c21. The second-order valence-electron chi connectivity index (χ2n) is 16.6. The summed E-state index contributed by atoms with van der Waals surface area (Å²) >= 11 is 0. The van der Waals surface area contributed by atoms with Crippen LogP contribution in [0.2, 0.25) is 0 Å². The molecule has 0 N–H and O–H groups in total. The first kappa shape index (κ1) is 37.1. The second kappa shape index (κ2) is 15.3. The zero-order valence-corrected chi connectivity index (χ0v) is 34.9. The van der Waals surface area contributed by atoms with Gasteiger partial charge in [-0.25, -0.2) is 0 Å². The molecule has 296 valence electrons. The molecule has 10 aromatic carbocycles. The minimum atomic E-state index is -0.319. The number of hydrogen-bond donors (Lipinski definition) is 0. The fourth-order valence-corrected chi connectivity index (χ4v) is 9.68. The van der Waals surface area contributed by atoms with Crippen molar-refractivity contribution < 1.29 is 0 Å². The van der Waals surface area contributed by atoms with E-state index in [1.165, 1.54) is 43.8 Å². The van der Waals surface area contributed by atoms with Crippen LogP contribution in [-0.2, 0) is 5.41 Å². The van der Waals surface area contributed by atoms with Crippen LogP contribution in [-0.4, -0.2) is 0 Å². The number of fused-ring (bicyclic) bond motifs is 6. The van der Waals surface area contributed by atoms with Crippen molar-refractivity contribution >= 4 is 72.7 Å². The molecule has 0 amide bonds. The molecule has 0 saturated heterocycles. The van der Waals surface area contributed by atoms with Gasteiger partial charge in [-0.05, 0) is 153 Å². The first-order valence-electron chi connectivity index (χ1n) is 21.4. The summed E-state index contributed by atoms with van der Waals surface area (Å²) in [7, 11) is 0. The summed E-state index contributed by atoms with van der Waals surface area (Å²) < 4.78 is 0. The largest absolute Gasteiger partial charge is 0.310 e. The highest BCUT2D eigenvalue weighted by molar-refractivity contribution is 6.09. The van der Waals surface area contributed by atoms with Gasteiger partial charge in [0.1, 0.15) is 0 Å². The predicted molar refractivity (Wildman–Crippen MR) is 263 cm³/mol. The number of nitrogens with zero attached hydrogens (tertiary/aromatic N) is 3. The molecule has 0 saturated carbocycles. The Morgan fingerprint density at radius 3 is 1.13 bits per heavy atom. The van der Waals surface area contributed by atoms with E-state index in [0.29, 0.717) is 0 Å². The maximum Gasteiger partial charge on any atom is 0.0549 e. The van der Waals surface area contributed by atoms with Crippen molar-refractivity contribution in [3.8, 4) is 11.1 Å². The highest BCUT2D eigenvalue weighted by atomic mass is 15.2. The van der Waals surface area contributed by atoms with Gasteiger partial charge in [-0.1, -0.05) is 135 Å². The molecule has 0 spiro atoms. The molecule has 3 heteroatoms. The van der Waals surface area contributed by atoms with E-state index in [-0.39, 0.29) is 5.41 Å². The molecule has 1 aliphatic rings. The Morgan fingerprint density at radius 2 is 0.694 bits per heavy atom. The summed E-state index contributed by atoms with van der Waals surface area (Å²) in [6.45, 7) is 4.83. The smallest absolute Gasteiger partial charge is 0.0549 e. The molecular formula is C59H45N3. The number of benzene rings is 10. The van der Waals surface area contributed by atoms with E-state index in [4.69, 9.17) is 0 Å². The van der Waals surface area contributed by atoms with Crippen molar-refractivity contribution in [3.63, 3.8) is 0 Å². The summed E-state index contributed by atoms with van der Waals surface area (Å²) in [5.41, 5.74) is 15.0. The van der Waals surface area contributed by atoms with Gasteiger partial charge < -0.3 is 14.7 Å². The summed E-state index contributed by atoms with van der Waals surface area (Å²) in [5, 5.41) is 4.89. The lowest BCUT2D eigenvalue weighted by Crippen LogP contribution is -2.17. The van der Waals surface area contributed by atoms with Crippen LogP contribution in [0.3, 0.4) is 0 Å². The number of rotatable bonds is 9. The van der Waals surface area contributed by atoms with E-state index >= 15 is 0 Å². The van der Waals surface area contributed by atoms with Crippen molar-refractivity contribution in [2.24, 2.45) is 0 Å². The molecule has 11 rings (SSSR count). The topological polar surface area (TPSA) is 9.72 Å². The fraction of sp³-hybridized carbons (Fsp3) is 0.0508. The van der Waals surface area contributed by atoms with E-state index in [1.807, 2.05) is 0 Å². The molecule has 10 aromatic rings. The van der Waals surface area contributed by atoms with Gasteiger partial charge in [0.05, 0.1) is 5.69 Å². The van der Waals surface area contributed by atoms with Gasteiger partial charge >= 0.3 is 0 Å². The van der Waals surface area contributed by atoms with Gasteiger partial charge in [0.25, 0.3) is 0 Å². The molecule has 0 aromatic heterocycles. The van der Waals surface area contributed by atoms with E-state index in [2.05, 4.69) is 265 Å². The van der Waals surface area contributed by atoms with Crippen LogP contribution in [0.4, 0.5) is 51.2 Å². The monoisotopic (exact) mass is 795 g/mol. The van der Waals surface area contributed by atoms with Gasteiger partial charge in [-0.2, -0.15) is 0 Å². The van der Waals surface area contributed by atoms with Crippen LogP contribution in [0.1, 0.15) is 25.0 Å². The van der Waals surface area contributed by atoms with Crippen LogP contribution in [0.15, 0.2) is 237 Å². The third kappa shape index (κ3) is 6.38. The predicted octanol–water partition coefficient (Wildman–Crippen LogP) is 16.7. The summed E-state index contributed by atoms with van der Waals surface area (Å²) in [5.74, 6) is 0. The minimum Gasteiger partial charge on any atom is -0.310 e. The van der Waals surface area contributed by atoms with E-state index < -0.39 is 0 Å². The zero-order valence-electron chi connectivity index (χ0n) is 34.9. The molecule has 0 fully saturated rings. The molecule has 0 atom stereocenters. The normalized spacial score (nSPS) is 12.5. The molecule has 0 aliphatic heterocycles. The van der Waals surface area contributed by atoms with E-state index in [9.17, 15) is 0 Å². The Hall–Kier alpha value is -7.88. The number of hydrogen-bond acceptors (Lipinski definition) is 3. The van der Waals surface area contributed by atoms with E-state index in [1.54, 1.807) is 0 Å². The lowest BCUT2D eigenvalue weighted by molar-refractivity contribution is 0.667. The number of para-hydroxylation sites is 6. The third-order valence-electron chi connectivity index (χ3n) is 12.5. The standard InChI is InChI=1S/C59H45N3/c1-59(2)55-40-43-37-51(60(45-21-9-3-10-22-45)46-23-11-4-12-24-46)34-33-42(43)39-54(55)57-56(62(49-29-17-7-18-30-49)50-31-19-8-20-32-50)41-44-38-52(35-36-53(44)58(57)59)61(47-25-13-5-14-26-47)48-27-15-6-16-28-48/h3-41H,1-2H3. The molecule has 1 aliphatic carbocycles. The first-order valence-corrected chi connectivity index (χ1v) is 21.4. The first-order chi connectivity index (χ1) is 30.5. The van der Waals surface area contributed by atoms with Crippen molar-refractivity contribution in [1.29, 1.82) is 0 Å². The summed E-state index contributed by atoms with van der Waals surface area (Å²) in [4.78, 5) is 7.16. The van der Waals surface area contributed by atoms with Crippen LogP contribution >= 0.6 is 0 Å². The van der Waals surface area contributed by atoms with E-state index in [0.717, 1.165) is 51.2 Å². The Kier molecular flexibility index (Phi) is 9.17. The second-order valence-corrected chi connectivity index (χ2v) is 16.6.